The molecule has 8 atom stereocenters. The molecule has 1 fully saturated rings. The van der Waals surface area contributed by atoms with Gasteiger partial charge in [-0.1, -0.05) is 256 Å². The molecule has 1 rings (SSSR count). The second-order valence-corrected chi connectivity index (χ2v) is 22.5. The van der Waals surface area contributed by atoms with Gasteiger partial charge in [0.2, 0.25) is 5.91 Å². The van der Waals surface area contributed by atoms with Gasteiger partial charge in [-0.15, -0.1) is 0 Å². The number of aliphatic hydroxyl groups excluding tert-OH is 5. The summed E-state index contributed by atoms with van der Waals surface area (Å²) >= 11 is 0. The predicted molar refractivity (Wildman–Crippen MR) is 315 cm³/mol. The van der Waals surface area contributed by atoms with E-state index in [0.717, 1.165) is 77.0 Å². The first-order chi connectivity index (χ1) is 37.2. The highest BCUT2D eigenvalue weighted by atomic mass is 16.7. The Balaban J connectivity index is 2.66. The highest BCUT2D eigenvalue weighted by molar-refractivity contribution is 5.80. The normalized spacial score (nSPS) is 19.3. The maximum Gasteiger partial charge on any atom is 0.306 e. The molecule has 6 N–H and O–H groups in total. The molecule has 446 valence electrons. The van der Waals surface area contributed by atoms with Crippen LogP contribution in [0.15, 0.2) is 36.5 Å². The Hall–Kier alpha value is -2.12. The number of aliphatic hydroxyl groups is 5. The Bertz CT molecular complexity index is 1380. The predicted octanol–water partition coefficient (Wildman–Crippen LogP) is 15.5. The van der Waals surface area contributed by atoms with E-state index in [2.05, 4.69) is 50.4 Å². The zero-order valence-electron chi connectivity index (χ0n) is 49.4. The molecule has 1 amide bonds. The first-order valence-electron chi connectivity index (χ1n) is 32.3. The molecule has 11 heteroatoms. The van der Waals surface area contributed by atoms with E-state index in [9.17, 15) is 35.1 Å². The number of unbranched alkanes of at least 4 members (excludes halogenated alkanes) is 37. The van der Waals surface area contributed by atoms with Crippen molar-refractivity contribution in [1.82, 2.24) is 5.32 Å². The Morgan fingerprint density at radius 2 is 0.868 bits per heavy atom. The lowest BCUT2D eigenvalue weighted by atomic mass is 9.99. The lowest BCUT2D eigenvalue weighted by molar-refractivity contribution is -0.305. The van der Waals surface area contributed by atoms with E-state index in [4.69, 9.17) is 14.2 Å². The minimum atomic E-state index is -1.61. The van der Waals surface area contributed by atoms with Crippen LogP contribution in [0.4, 0.5) is 0 Å². The molecule has 0 saturated carbocycles. The molecule has 0 aromatic heterocycles. The minimum absolute atomic E-state index is 0.121. The molecule has 1 aliphatic heterocycles. The highest BCUT2D eigenvalue weighted by Gasteiger charge is 2.47. The van der Waals surface area contributed by atoms with Crippen molar-refractivity contribution in [3.05, 3.63) is 36.5 Å². The van der Waals surface area contributed by atoms with Crippen molar-refractivity contribution in [2.45, 2.75) is 352 Å². The number of hydrogen-bond acceptors (Lipinski definition) is 10. The van der Waals surface area contributed by atoms with Crippen LogP contribution >= 0.6 is 0 Å². The largest absolute Gasteiger partial charge is 0.454 e. The molecule has 0 aromatic rings. The van der Waals surface area contributed by atoms with Crippen molar-refractivity contribution >= 4 is 11.9 Å². The summed E-state index contributed by atoms with van der Waals surface area (Å²) in [5.41, 5.74) is 0. The summed E-state index contributed by atoms with van der Waals surface area (Å²) in [5.74, 6) is -1.19. The van der Waals surface area contributed by atoms with Gasteiger partial charge in [0.15, 0.2) is 12.4 Å². The molecule has 8 unspecified atom stereocenters. The first kappa shape index (κ1) is 71.9. The number of esters is 1. The van der Waals surface area contributed by atoms with Crippen LogP contribution in [-0.4, -0.2) is 99.6 Å². The van der Waals surface area contributed by atoms with Crippen molar-refractivity contribution in [1.29, 1.82) is 0 Å². The van der Waals surface area contributed by atoms with Crippen LogP contribution in [0.1, 0.15) is 303 Å². The van der Waals surface area contributed by atoms with E-state index in [1.54, 1.807) is 6.08 Å². The molecule has 0 bridgehead atoms. The van der Waals surface area contributed by atoms with E-state index in [1.165, 1.54) is 180 Å². The van der Waals surface area contributed by atoms with Gasteiger partial charge in [0, 0.05) is 6.42 Å². The van der Waals surface area contributed by atoms with Crippen LogP contribution < -0.4 is 5.32 Å². The van der Waals surface area contributed by atoms with E-state index in [-0.39, 0.29) is 13.0 Å². The SMILES string of the molecule is CCCCCCCC/C=C/CCCCCCCCCCC(O)C(=O)NC(COC1OC(CO)C(O)C(O)C1OC(=O)CCCCCCCCC/C=C/CCCCCCCC)C(O)/C=C/CCCCCCCCCCCC. The number of allylic oxidation sites excluding steroid dienone is 5. The number of nitrogens with one attached hydrogen (secondary N) is 1. The molecule has 0 spiro atoms. The molecular formula is C65H121NO10. The van der Waals surface area contributed by atoms with Crippen molar-refractivity contribution < 1.29 is 49.3 Å². The summed E-state index contributed by atoms with van der Waals surface area (Å²) in [6.45, 7) is 5.80. The summed E-state index contributed by atoms with van der Waals surface area (Å²) in [5, 5.41) is 57.0. The van der Waals surface area contributed by atoms with Gasteiger partial charge in [-0.25, -0.2) is 0 Å². The van der Waals surface area contributed by atoms with Crippen LogP contribution in [0.5, 0.6) is 0 Å². The van der Waals surface area contributed by atoms with E-state index in [1.807, 2.05) is 6.08 Å². The maximum absolute atomic E-state index is 13.4. The van der Waals surface area contributed by atoms with Gasteiger partial charge < -0.3 is 45.1 Å². The third-order valence-electron chi connectivity index (χ3n) is 15.3. The summed E-state index contributed by atoms with van der Waals surface area (Å²) in [6.07, 6.45) is 53.2. The summed E-state index contributed by atoms with van der Waals surface area (Å²) in [7, 11) is 0. The molecule has 0 aliphatic carbocycles. The fourth-order valence-corrected chi connectivity index (χ4v) is 10.1. The third kappa shape index (κ3) is 41.0. The lowest BCUT2D eigenvalue weighted by Gasteiger charge is -2.41. The van der Waals surface area contributed by atoms with Gasteiger partial charge in [-0.2, -0.15) is 0 Å². The number of amides is 1. The molecule has 11 nitrogen and oxygen atoms in total. The van der Waals surface area contributed by atoms with E-state index < -0.39 is 67.4 Å². The monoisotopic (exact) mass is 1080 g/mol. The Labute approximate surface area is 466 Å². The molecule has 0 aromatic carbocycles. The van der Waals surface area contributed by atoms with Gasteiger partial charge >= 0.3 is 5.97 Å². The Morgan fingerprint density at radius 3 is 1.28 bits per heavy atom. The minimum Gasteiger partial charge on any atom is -0.454 e. The Morgan fingerprint density at radius 1 is 0.500 bits per heavy atom. The third-order valence-corrected chi connectivity index (χ3v) is 15.3. The second kappa shape index (κ2) is 53.5. The number of rotatable bonds is 55. The zero-order valence-corrected chi connectivity index (χ0v) is 49.4. The quantitative estimate of drug-likeness (QED) is 0.0195. The number of hydrogen-bond donors (Lipinski definition) is 6. The van der Waals surface area contributed by atoms with E-state index in [0.29, 0.717) is 19.3 Å². The van der Waals surface area contributed by atoms with Crippen LogP contribution in [0, 0.1) is 0 Å². The van der Waals surface area contributed by atoms with E-state index >= 15 is 0 Å². The summed E-state index contributed by atoms with van der Waals surface area (Å²) in [4.78, 5) is 26.6. The van der Waals surface area contributed by atoms with Crippen LogP contribution in [-0.2, 0) is 23.8 Å². The summed E-state index contributed by atoms with van der Waals surface area (Å²) in [6, 6.07) is -1.02. The van der Waals surface area contributed by atoms with Gasteiger partial charge in [-0.3, -0.25) is 9.59 Å². The van der Waals surface area contributed by atoms with Crippen molar-refractivity contribution in [3.8, 4) is 0 Å². The number of ether oxygens (including phenoxy) is 3. The molecule has 1 heterocycles. The smallest absolute Gasteiger partial charge is 0.306 e. The topological polar surface area (TPSA) is 175 Å². The summed E-state index contributed by atoms with van der Waals surface area (Å²) < 4.78 is 17.6. The van der Waals surface area contributed by atoms with Gasteiger partial charge in [-0.05, 0) is 77.0 Å². The molecule has 76 heavy (non-hydrogen) atoms. The van der Waals surface area contributed by atoms with Crippen molar-refractivity contribution in [2.24, 2.45) is 0 Å². The average molecular weight is 1080 g/mol. The van der Waals surface area contributed by atoms with Gasteiger partial charge in [0.1, 0.15) is 24.4 Å². The Kier molecular flexibility index (Phi) is 50.6. The molecule has 1 saturated heterocycles. The fraction of sp³-hybridized carbons (Fsp3) is 0.877. The van der Waals surface area contributed by atoms with Crippen molar-refractivity contribution in [2.75, 3.05) is 13.2 Å². The number of carbonyl (C=O) groups excluding carboxylic acids is 2. The van der Waals surface area contributed by atoms with Crippen LogP contribution in [0.2, 0.25) is 0 Å². The fourth-order valence-electron chi connectivity index (χ4n) is 10.1. The molecule has 0 radical (unpaired) electrons. The van der Waals surface area contributed by atoms with Crippen molar-refractivity contribution in [3.63, 3.8) is 0 Å². The average Bonchev–Trinajstić information content (AvgIpc) is 3.42. The lowest BCUT2D eigenvalue weighted by Crippen LogP contribution is -2.61. The number of carbonyl (C=O) groups is 2. The zero-order chi connectivity index (χ0) is 55.4. The van der Waals surface area contributed by atoms with Crippen LogP contribution in [0.25, 0.3) is 0 Å². The molecule has 1 aliphatic rings. The standard InChI is InChI=1S/C65H121NO10/c1-4-7-10-13-16-19-22-25-27-29-31-32-34-37-40-43-46-49-52-58(69)64(73)66-56(57(68)51-48-45-42-39-36-24-21-18-15-12-9-6-3)55-74-65-63(62(72)61(71)59(54-67)75-65)76-60(70)53-50-47-44-41-38-35-33-30-28-26-23-20-17-14-11-8-5-2/h25-28,48,51,56-59,61-63,65,67-69,71-72H,4-24,29-47,49-50,52-55H2,1-3H3,(H,66,73)/b27-25+,28-26+,51-48+. The van der Waals surface area contributed by atoms with Gasteiger partial charge in [0.05, 0.1) is 25.4 Å². The highest BCUT2D eigenvalue weighted by Crippen LogP contribution is 2.26. The van der Waals surface area contributed by atoms with Crippen LogP contribution in [0.3, 0.4) is 0 Å². The maximum atomic E-state index is 13.4. The molecular weight excluding hydrogens is 955 g/mol. The first-order valence-corrected chi connectivity index (χ1v) is 32.3. The second-order valence-electron chi connectivity index (χ2n) is 22.5. The van der Waals surface area contributed by atoms with Gasteiger partial charge in [0.25, 0.3) is 0 Å².